The molecule has 0 aliphatic heterocycles. The van der Waals surface area contributed by atoms with Gasteiger partial charge in [-0.15, -0.1) is 0 Å². The largest absolute Gasteiger partial charge is 0.395 e. The Bertz CT molecular complexity index is 466. The third-order valence-electron chi connectivity index (χ3n) is 2.76. The first-order valence-electron chi connectivity index (χ1n) is 6.54. The van der Waals surface area contributed by atoms with Crippen LogP contribution >= 0.6 is 0 Å². The first kappa shape index (κ1) is 15.3. The molecule has 1 aromatic carbocycles. The fourth-order valence-electron chi connectivity index (χ4n) is 1.54. The van der Waals surface area contributed by atoms with Crippen LogP contribution in [0.4, 0.5) is 0 Å². The molecule has 2 N–H and O–H groups in total. The smallest absolute Gasteiger partial charge is 0.223 e. The number of amides is 1. The van der Waals surface area contributed by atoms with Crippen molar-refractivity contribution in [2.45, 2.75) is 33.2 Å². The Balaban J connectivity index is 2.66. The minimum atomic E-state index is -0.00827. The zero-order valence-electron chi connectivity index (χ0n) is 11.7. The number of carbonyl (C=O) groups excluding carboxylic acids is 1. The zero-order valence-corrected chi connectivity index (χ0v) is 11.7. The maximum absolute atomic E-state index is 11.6. The first-order chi connectivity index (χ1) is 9.04. The summed E-state index contributed by atoms with van der Waals surface area (Å²) in [5, 5.41) is 11.6. The van der Waals surface area contributed by atoms with Gasteiger partial charge in [-0.3, -0.25) is 4.79 Å². The topological polar surface area (TPSA) is 49.3 Å². The van der Waals surface area contributed by atoms with Gasteiger partial charge in [-0.25, -0.2) is 0 Å². The molecule has 3 heteroatoms. The third-order valence-corrected chi connectivity index (χ3v) is 2.76. The van der Waals surface area contributed by atoms with Crippen LogP contribution in [0.1, 0.15) is 44.4 Å². The van der Waals surface area contributed by atoms with E-state index < -0.39 is 0 Å². The van der Waals surface area contributed by atoms with E-state index in [0.717, 1.165) is 11.1 Å². The average Bonchev–Trinajstić information content (AvgIpc) is 2.39. The molecule has 0 saturated heterocycles. The second-order valence-electron chi connectivity index (χ2n) is 4.78. The Morgan fingerprint density at radius 3 is 2.42 bits per heavy atom. The molecule has 0 bridgehead atoms. The predicted molar refractivity (Wildman–Crippen MR) is 76.4 cm³/mol. The third kappa shape index (κ3) is 5.15. The van der Waals surface area contributed by atoms with Gasteiger partial charge in [0, 0.05) is 17.9 Å². The van der Waals surface area contributed by atoms with Gasteiger partial charge in [-0.2, -0.15) is 0 Å². The summed E-state index contributed by atoms with van der Waals surface area (Å²) >= 11 is 0. The SMILES string of the molecule is CC(C)C(=O)NC(C)c1ccc(C#CCCO)cc1. The van der Waals surface area contributed by atoms with E-state index in [0.29, 0.717) is 6.42 Å². The molecule has 0 heterocycles. The van der Waals surface area contributed by atoms with Crippen LogP contribution in [0.2, 0.25) is 0 Å². The van der Waals surface area contributed by atoms with Crippen molar-refractivity contribution >= 4 is 5.91 Å². The summed E-state index contributed by atoms with van der Waals surface area (Å²) < 4.78 is 0. The molecular weight excluding hydrogens is 238 g/mol. The molecule has 0 spiro atoms. The molecule has 102 valence electrons. The van der Waals surface area contributed by atoms with Crippen LogP contribution in [0, 0.1) is 17.8 Å². The molecule has 1 rings (SSSR count). The first-order valence-corrected chi connectivity index (χ1v) is 6.54. The number of aliphatic hydroxyl groups is 1. The molecular formula is C16H21NO2. The van der Waals surface area contributed by atoms with Crippen molar-refractivity contribution in [3.05, 3.63) is 35.4 Å². The number of hydrogen-bond donors (Lipinski definition) is 2. The maximum Gasteiger partial charge on any atom is 0.223 e. The van der Waals surface area contributed by atoms with Gasteiger partial charge in [-0.1, -0.05) is 37.8 Å². The molecule has 0 saturated carbocycles. The molecule has 19 heavy (non-hydrogen) atoms. The van der Waals surface area contributed by atoms with Gasteiger partial charge in [0.1, 0.15) is 0 Å². The molecule has 0 aliphatic rings. The van der Waals surface area contributed by atoms with Crippen LogP contribution in [0.5, 0.6) is 0 Å². The highest BCUT2D eigenvalue weighted by Crippen LogP contribution is 2.13. The van der Waals surface area contributed by atoms with Crippen LogP contribution in [0.3, 0.4) is 0 Å². The Kier molecular flexibility index (Phi) is 6.11. The van der Waals surface area contributed by atoms with Crippen LogP contribution in [0.15, 0.2) is 24.3 Å². The van der Waals surface area contributed by atoms with Gasteiger partial charge >= 0.3 is 0 Å². The molecule has 0 aromatic heterocycles. The average molecular weight is 259 g/mol. The number of benzene rings is 1. The molecule has 0 aliphatic carbocycles. The van der Waals surface area contributed by atoms with Crippen molar-refractivity contribution < 1.29 is 9.90 Å². The lowest BCUT2D eigenvalue weighted by Gasteiger charge is -2.16. The highest BCUT2D eigenvalue weighted by atomic mass is 16.2. The summed E-state index contributed by atoms with van der Waals surface area (Å²) in [6.45, 7) is 5.81. The molecule has 0 radical (unpaired) electrons. The maximum atomic E-state index is 11.6. The Hall–Kier alpha value is -1.79. The van der Waals surface area contributed by atoms with E-state index in [1.54, 1.807) is 0 Å². The fourth-order valence-corrected chi connectivity index (χ4v) is 1.54. The lowest BCUT2D eigenvalue weighted by Crippen LogP contribution is -2.30. The molecule has 0 fully saturated rings. The number of nitrogens with one attached hydrogen (secondary N) is 1. The monoisotopic (exact) mass is 259 g/mol. The summed E-state index contributed by atoms with van der Waals surface area (Å²) in [5.41, 5.74) is 1.97. The van der Waals surface area contributed by atoms with Gasteiger partial charge in [0.05, 0.1) is 12.6 Å². The van der Waals surface area contributed by atoms with Crippen LogP contribution in [-0.2, 0) is 4.79 Å². The number of carbonyl (C=O) groups is 1. The van der Waals surface area contributed by atoms with E-state index in [1.807, 2.05) is 45.0 Å². The van der Waals surface area contributed by atoms with E-state index in [4.69, 9.17) is 5.11 Å². The van der Waals surface area contributed by atoms with E-state index in [-0.39, 0.29) is 24.5 Å². The quantitative estimate of drug-likeness (QED) is 0.815. The van der Waals surface area contributed by atoms with Crippen LogP contribution in [-0.4, -0.2) is 17.6 Å². The number of aliphatic hydroxyl groups excluding tert-OH is 1. The van der Waals surface area contributed by atoms with Crippen molar-refractivity contribution in [1.29, 1.82) is 0 Å². The Morgan fingerprint density at radius 1 is 1.26 bits per heavy atom. The second-order valence-corrected chi connectivity index (χ2v) is 4.78. The van der Waals surface area contributed by atoms with Crippen molar-refractivity contribution in [1.82, 2.24) is 5.32 Å². The minimum Gasteiger partial charge on any atom is -0.395 e. The van der Waals surface area contributed by atoms with Gasteiger partial charge in [-0.05, 0) is 24.6 Å². The Labute approximate surface area is 115 Å². The summed E-state index contributed by atoms with van der Waals surface area (Å²) in [5.74, 6) is 5.90. The van der Waals surface area contributed by atoms with Crippen LogP contribution < -0.4 is 5.32 Å². The molecule has 3 nitrogen and oxygen atoms in total. The lowest BCUT2D eigenvalue weighted by molar-refractivity contribution is -0.124. The van der Waals surface area contributed by atoms with E-state index in [9.17, 15) is 4.79 Å². The fraction of sp³-hybridized carbons (Fsp3) is 0.438. The molecule has 1 unspecified atom stereocenters. The molecule has 1 aromatic rings. The van der Waals surface area contributed by atoms with Crippen molar-refractivity contribution in [3.8, 4) is 11.8 Å². The van der Waals surface area contributed by atoms with Crippen molar-refractivity contribution in [2.75, 3.05) is 6.61 Å². The van der Waals surface area contributed by atoms with Crippen molar-refractivity contribution in [2.24, 2.45) is 5.92 Å². The predicted octanol–water partition coefficient (Wildman–Crippen LogP) is 2.25. The summed E-state index contributed by atoms with van der Waals surface area (Å²) in [6.07, 6.45) is 0.489. The minimum absolute atomic E-state index is 0.00523. The lowest BCUT2D eigenvalue weighted by atomic mass is 10.1. The molecule has 1 amide bonds. The van der Waals surface area contributed by atoms with Gasteiger partial charge in [0.15, 0.2) is 0 Å². The highest BCUT2D eigenvalue weighted by molar-refractivity contribution is 5.78. The number of hydrogen-bond acceptors (Lipinski definition) is 2. The number of rotatable bonds is 4. The van der Waals surface area contributed by atoms with E-state index in [1.165, 1.54) is 0 Å². The normalized spacial score (nSPS) is 11.6. The summed E-state index contributed by atoms with van der Waals surface area (Å²) in [6, 6.07) is 7.78. The van der Waals surface area contributed by atoms with E-state index >= 15 is 0 Å². The van der Waals surface area contributed by atoms with Gasteiger partial charge in [0.25, 0.3) is 0 Å². The van der Waals surface area contributed by atoms with Gasteiger partial charge in [0.2, 0.25) is 5.91 Å². The Morgan fingerprint density at radius 2 is 1.89 bits per heavy atom. The standard InChI is InChI=1S/C16H21NO2/c1-12(2)16(19)17-13(3)15-9-7-14(8-10-15)6-4-5-11-18/h7-10,12-13,18H,5,11H2,1-3H3,(H,17,19). The van der Waals surface area contributed by atoms with Gasteiger partial charge < -0.3 is 10.4 Å². The van der Waals surface area contributed by atoms with E-state index in [2.05, 4.69) is 17.2 Å². The van der Waals surface area contributed by atoms with Crippen LogP contribution in [0.25, 0.3) is 0 Å². The second kappa shape index (κ2) is 7.60. The molecule has 1 atom stereocenters. The summed E-state index contributed by atoms with van der Waals surface area (Å²) in [4.78, 5) is 11.6. The summed E-state index contributed by atoms with van der Waals surface area (Å²) in [7, 11) is 0. The van der Waals surface area contributed by atoms with Crippen molar-refractivity contribution in [3.63, 3.8) is 0 Å². The zero-order chi connectivity index (χ0) is 14.3. The highest BCUT2D eigenvalue weighted by Gasteiger charge is 2.11.